The highest BCUT2D eigenvalue weighted by atomic mass is 32.2. The second-order valence-electron chi connectivity index (χ2n) is 4.97. The van der Waals surface area contributed by atoms with Crippen molar-refractivity contribution in [3.63, 3.8) is 0 Å². The van der Waals surface area contributed by atoms with Crippen LogP contribution in [0.3, 0.4) is 0 Å². The van der Waals surface area contributed by atoms with Crippen molar-refractivity contribution in [2.24, 2.45) is 11.1 Å². The molecular weight excluding hydrogens is 276 g/mol. The van der Waals surface area contributed by atoms with E-state index in [9.17, 15) is 13.2 Å². The van der Waals surface area contributed by atoms with Crippen LogP contribution in [0.15, 0.2) is 17.0 Å². The van der Waals surface area contributed by atoms with Crippen molar-refractivity contribution in [2.75, 3.05) is 5.32 Å². The lowest BCUT2D eigenvalue weighted by atomic mass is 10.0. The summed E-state index contributed by atoms with van der Waals surface area (Å²) < 4.78 is 22.9. The molecule has 0 saturated carbocycles. The molecule has 112 valence electrons. The summed E-state index contributed by atoms with van der Waals surface area (Å²) >= 11 is 0. The third-order valence-electron chi connectivity index (χ3n) is 3.41. The Morgan fingerprint density at radius 2 is 1.95 bits per heavy atom. The number of anilines is 1. The van der Waals surface area contributed by atoms with E-state index in [2.05, 4.69) is 5.32 Å². The number of sulfonamides is 1. The monoisotopic (exact) mass is 298 g/mol. The number of hydrogen-bond donors (Lipinski definition) is 2. The summed E-state index contributed by atoms with van der Waals surface area (Å²) in [7, 11) is -3.74. The second-order valence-corrected chi connectivity index (χ2v) is 6.53. The molecule has 0 aromatic heterocycles. The van der Waals surface area contributed by atoms with Crippen LogP contribution < -0.4 is 10.5 Å². The van der Waals surface area contributed by atoms with Gasteiger partial charge in [0, 0.05) is 11.6 Å². The van der Waals surface area contributed by atoms with Gasteiger partial charge in [-0.2, -0.15) is 0 Å². The van der Waals surface area contributed by atoms with Gasteiger partial charge in [-0.1, -0.05) is 20.8 Å². The van der Waals surface area contributed by atoms with Crippen molar-refractivity contribution < 1.29 is 13.2 Å². The normalized spacial score (nSPS) is 13.1. The van der Waals surface area contributed by atoms with E-state index in [1.54, 1.807) is 6.92 Å². The topological polar surface area (TPSA) is 89.3 Å². The number of carbonyl (C=O) groups excluding carboxylic acids is 1. The summed E-state index contributed by atoms with van der Waals surface area (Å²) in [5.41, 5.74) is 2.15. The van der Waals surface area contributed by atoms with Gasteiger partial charge in [0.15, 0.2) is 0 Å². The third-order valence-corrected chi connectivity index (χ3v) is 4.30. The van der Waals surface area contributed by atoms with Gasteiger partial charge in [-0.15, -0.1) is 0 Å². The molecule has 5 nitrogen and oxygen atoms in total. The zero-order valence-corrected chi connectivity index (χ0v) is 13.2. The largest absolute Gasteiger partial charge is 0.325 e. The van der Waals surface area contributed by atoms with E-state index in [1.165, 1.54) is 12.1 Å². The molecule has 3 N–H and O–H groups in total. The number of amides is 1. The van der Waals surface area contributed by atoms with Crippen LogP contribution in [-0.4, -0.2) is 14.3 Å². The number of carbonyl (C=O) groups is 1. The van der Waals surface area contributed by atoms with Crippen molar-refractivity contribution in [3.05, 3.63) is 23.3 Å². The lowest BCUT2D eigenvalue weighted by Gasteiger charge is -2.16. The smallest absolute Gasteiger partial charge is 0.238 e. The molecule has 0 heterocycles. The minimum Gasteiger partial charge on any atom is -0.325 e. The van der Waals surface area contributed by atoms with E-state index in [4.69, 9.17) is 5.14 Å². The number of hydrogen-bond acceptors (Lipinski definition) is 3. The van der Waals surface area contributed by atoms with Crippen LogP contribution >= 0.6 is 0 Å². The molecule has 1 atom stereocenters. The molecule has 1 amide bonds. The molecule has 0 aliphatic carbocycles. The highest BCUT2D eigenvalue weighted by Gasteiger charge is 2.17. The zero-order valence-electron chi connectivity index (χ0n) is 12.4. The Bertz CT molecular complexity index is 609. The van der Waals surface area contributed by atoms with Crippen LogP contribution in [-0.2, 0) is 21.2 Å². The predicted octanol–water partition coefficient (Wildman–Crippen LogP) is 2.19. The first-order chi connectivity index (χ1) is 9.20. The molecule has 1 unspecified atom stereocenters. The number of rotatable bonds is 5. The first kappa shape index (κ1) is 16.7. The lowest BCUT2D eigenvalue weighted by molar-refractivity contribution is -0.119. The number of nitrogens with two attached hydrogens (primary N) is 1. The van der Waals surface area contributed by atoms with Gasteiger partial charge in [-0.05, 0) is 43.0 Å². The molecule has 6 heteroatoms. The van der Waals surface area contributed by atoms with Crippen LogP contribution in [0.4, 0.5) is 5.69 Å². The second kappa shape index (κ2) is 6.37. The van der Waals surface area contributed by atoms with E-state index in [1.807, 2.05) is 20.8 Å². The molecule has 1 rings (SSSR count). The fraction of sp³-hybridized carbons (Fsp3) is 0.500. The maximum atomic E-state index is 12.0. The summed E-state index contributed by atoms with van der Waals surface area (Å²) in [4.78, 5) is 12.1. The van der Waals surface area contributed by atoms with Crippen molar-refractivity contribution in [1.29, 1.82) is 0 Å². The van der Waals surface area contributed by atoms with E-state index in [0.29, 0.717) is 17.7 Å². The first-order valence-electron chi connectivity index (χ1n) is 6.67. The molecule has 0 bridgehead atoms. The van der Waals surface area contributed by atoms with Crippen LogP contribution in [0.2, 0.25) is 0 Å². The molecule has 0 radical (unpaired) electrons. The van der Waals surface area contributed by atoms with Gasteiger partial charge in [0.25, 0.3) is 0 Å². The summed E-state index contributed by atoms with van der Waals surface area (Å²) in [6.45, 7) is 7.47. The molecular formula is C14H22N2O3S. The third kappa shape index (κ3) is 3.80. The van der Waals surface area contributed by atoms with Crippen molar-refractivity contribution in [1.82, 2.24) is 0 Å². The van der Waals surface area contributed by atoms with Gasteiger partial charge in [0.1, 0.15) is 0 Å². The highest BCUT2D eigenvalue weighted by molar-refractivity contribution is 7.89. The van der Waals surface area contributed by atoms with Crippen LogP contribution in [0.1, 0.15) is 38.3 Å². The van der Waals surface area contributed by atoms with Crippen molar-refractivity contribution >= 4 is 21.6 Å². The first-order valence-corrected chi connectivity index (χ1v) is 8.22. The summed E-state index contributed by atoms with van der Waals surface area (Å²) in [6.07, 6.45) is 1.36. The molecule has 1 aromatic carbocycles. The van der Waals surface area contributed by atoms with Crippen LogP contribution in [0.5, 0.6) is 0 Å². The average molecular weight is 298 g/mol. The maximum Gasteiger partial charge on any atom is 0.238 e. The molecule has 0 saturated heterocycles. The highest BCUT2D eigenvalue weighted by Crippen LogP contribution is 2.26. The number of nitrogens with one attached hydrogen (secondary N) is 1. The molecule has 0 aliphatic heterocycles. The Morgan fingerprint density at radius 3 is 2.40 bits per heavy atom. The zero-order chi connectivity index (χ0) is 15.5. The lowest BCUT2D eigenvalue weighted by Crippen LogP contribution is -2.21. The van der Waals surface area contributed by atoms with Gasteiger partial charge < -0.3 is 5.32 Å². The Kier molecular flexibility index (Phi) is 5.30. The molecule has 20 heavy (non-hydrogen) atoms. The van der Waals surface area contributed by atoms with Gasteiger partial charge in [-0.25, -0.2) is 13.6 Å². The predicted molar refractivity (Wildman–Crippen MR) is 80.0 cm³/mol. The number of benzene rings is 1. The molecule has 0 spiro atoms. The fourth-order valence-corrected chi connectivity index (χ4v) is 2.53. The minimum absolute atomic E-state index is 0.0614. The SMILES string of the molecule is CCc1cc(S(N)(=O)=O)cc(C)c1NC(=O)C(C)CC. The summed E-state index contributed by atoms with van der Waals surface area (Å²) in [5, 5.41) is 8.04. The number of aryl methyl sites for hydroxylation is 2. The summed E-state index contributed by atoms with van der Waals surface area (Å²) in [5.74, 6) is -0.148. The van der Waals surface area contributed by atoms with Gasteiger partial charge >= 0.3 is 0 Å². The summed E-state index contributed by atoms with van der Waals surface area (Å²) in [6, 6.07) is 3.01. The standard InChI is InChI=1S/C14H22N2O3S/c1-5-9(3)14(17)16-13-10(4)7-12(20(15,18)19)8-11(13)6-2/h7-9H,5-6H2,1-4H3,(H,16,17)(H2,15,18,19). The fourth-order valence-electron chi connectivity index (χ4n) is 1.88. The Balaban J connectivity index is 3.25. The van der Waals surface area contributed by atoms with Gasteiger partial charge in [0.2, 0.25) is 15.9 Å². The van der Waals surface area contributed by atoms with Crippen molar-refractivity contribution in [3.8, 4) is 0 Å². The Hall–Kier alpha value is -1.40. The molecule has 0 aliphatic rings. The van der Waals surface area contributed by atoms with Gasteiger partial charge in [0.05, 0.1) is 4.90 Å². The van der Waals surface area contributed by atoms with Crippen LogP contribution in [0, 0.1) is 12.8 Å². The van der Waals surface area contributed by atoms with E-state index in [-0.39, 0.29) is 16.7 Å². The van der Waals surface area contributed by atoms with E-state index < -0.39 is 10.0 Å². The van der Waals surface area contributed by atoms with E-state index in [0.717, 1.165) is 12.0 Å². The van der Waals surface area contributed by atoms with Gasteiger partial charge in [-0.3, -0.25) is 4.79 Å². The van der Waals surface area contributed by atoms with Crippen LogP contribution in [0.25, 0.3) is 0 Å². The number of primary sulfonamides is 1. The molecule has 1 aromatic rings. The van der Waals surface area contributed by atoms with Crippen molar-refractivity contribution in [2.45, 2.75) is 45.4 Å². The molecule has 0 fully saturated rings. The maximum absolute atomic E-state index is 12.0. The Labute approximate surface area is 120 Å². The van der Waals surface area contributed by atoms with E-state index >= 15 is 0 Å². The quantitative estimate of drug-likeness (QED) is 0.873. The average Bonchev–Trinajstić information content (AvgIpc) is 2.38. The minimum atomic E-state index is -3.74. The Morgan fingerprint density at radius 1 is 1.35 bits per heavy atom.